The molecule has 0 unspecified atom stereocenters. The number of hydrogen-bond donors (Lipinski definition) is 0. The molecule has 0 aliphatic rings. The van der Waals surface area contributed by atoms with Crippen LogP contribution in [0.25, 0.3) is 16.4 Å². The van der Waals surface area contributed by atoms with Gasteiger partial charge in [0.1, 0.15) is 10.8 Å². The third kappa shape index (κ3) is 2.13. The molecule has 0 bridgehead atoms. The Morgan fingerprint density at radius 1 is 1.33 bits per heavy atom. The van der Waals surface area contributed by atoms with E-state index < -0.39 is 0 Å². The zero-order valence-corrected chi connectivity index (χ0v) is 9.09. The van der Waals surface area contributed by atoms with Gasteiger partial charge in [0.25, 0.3) is 0 Å². The maximum Gasteiger partial charge on any atom is 0.126 e. The average Bonchev–Trinajstić information content (AvgIpc) is 2.82. The zero-order valence-electron chi connectivity index (χ0n) is 8.27. The number of nitrogens with zero attached hydrogens (tertiary/aromatic N) is 1. The van der Waals surface area contributed by atoms with E-state index in [4.69, 9.17) is 0 Å². The second kappa shape index (κ2) is 4.36. The van der Waals surface area contributed by atoms with Crippen LogP contribution in [0, 0.1) is 0 Å². The van der Waals surface area contributed by atoms with Crippen molar-refractivity contribution in [2.45, 2.75) is 6.92 Å². The van der Waals surface area contributed by atoms with E-state index in [0.29, 0.717) is 5.56 Å². The molecular weight excluding hydrogens is 209 g/mol. The molecule has 0 N–H and O–H groups in total. The Morgan fingerprint density at radius 2 is 2.07 bits per heavy atom. The Labute approximate surface area is 91.9 Å². The Bertz CT molecular complexity index is 457. The molecule has 1 aromatic carbocycles. The van der Waals surface area contributed by atoms with Gasteiger partial charge in [-0.25, -0.2) is 9.37 Å². The van der Waals surface area contributed by atoms with Gasteiger partial charge in [0.15, 0.2) is 0 Å². The van der Waals surface area contributed by atoms with Crippen molar-refractivity contribution < 1.29 is 4.39 Å². The van der Waals surface area contributed by atoms with Gasteiger partial charge in [0.2, 0.25) is 0 Å². The molecule has 1 aromatic heterocycles. The molecule has 0 fully saturated rings. The van der Waals surface area contributed by atoms with Crippen molar-refractivity contribution in [1.82, 2.24) is 4.98 Å². The Kier molecular flexibility index (Phi) is 2.92. The van der Waals surface area contributed by atoms with Crippen LogP contribution >= 0.6 is 11.3 Å². The first-order valence-corrected chi connectivity index (χ1v) is 5.51. The highest BCUT2D eigenvalue weighted by molar-refractivity contribution is 7.13. The number of rotatable bonds is 2. The van der Waals surface area contributed by atoms with Gasteiger partial charge >= 0.3 is 0 Å². The van der Waals surface area contributed by atoms with E-state index >= 15 is 0 Å². The molecule has 0 aliphatic carbocycles. The number of hydrogen-bond acceptors (Lipinski definition) is 2. The van der Waals surface area contributed by atoms with Crippen molar-refractivity contribution in [2.75, 3.05) is 0 Å². The van der Waals surface area contributed by atoms with Gasteiger partial charge < -0.3 is 0 Å². The Morgan fingerprint density at radius 3 is 2.60 bits per heavy atom. The van der Waals surface area contributed by atoms with Crippen LogP contribution in [0.4, 0.5) is 4.39 Å². The molecule has 1 nitrogen and oxygen atoms in total. The van der Waals surface area contributed by atoms with Gasteiger partial charge in [-0.3, -0.25) is 0 Å². The smallest absolute Gasteiger partial charge is 0.126 e. The summed E-state index contributed by atoms with van der Waals surface area (Å²) in [7, 11) is 0. The Hall–Kier alpha value is -1.48. The largest absolute Gasteiger partial charge is 0.245 e. The van der Waals surface area contributed by atoms with E-state index in [1.54, 1.807) is 36.6 Å². The van der Waals surface area contributed by atoms with Crippen LogP contribution in [-0.4, -0.2) is 4.98 Å². The predicted molar refractivity (Wildman–Crippen MR) is 62.3 cm³/mol. The summed E-state index contributed by atoms with van der Waals surface area (Å²) < 4.78 is 13.2. The molecule has 0 radical (unpaired) electrons. The predicted octanol–water partition coefficient (Wildman–Crippen LogP) is 4.14. The summed E-state index contributed by atoms with van der Waals surface area (Å²) in [4.78, 5) is 4.19. The summed E-state index contributed by atoms with van der Waals surface area (Å²) in [5, 5.41) is 2.89. The highest BCUT2D eigenvalue weighted by atomic mass is 32.1. The maximum absolute atomic E-state index is 13.2. The topological polar surface area (TPSA) is 12.9 Å². The molecule has 0 aliphatic heterocycles. The molecule has 2 rings (SSSR count). The van der Waals surface area contributed by atoms with Gasteiger partial charge in [-0.2, -0.15) is 0 Å². The lowest BCUT2D eigenvalue weighted by atomic mass is 10.1. The van der Waals surface area contributed by atoms with Crippen LogP contribution in [0.15, 0.2) is 41.9 Å². The highest BCUT2D eigenvalue weighted by Crippen LogP contribution is 2.24. The van der Waals surface area contributed by atoms with Crippen molar-refractivity contribution in [3.63, 3.8) is 0 Å². The second-order valence-corrected chi connectivity index (χ2v) is 3.95. The number of aromatic nitrogens is 1. The third-order valence-electron chi connectivity index (χ3n) is 2.09. The summed E-state index contributed by atoms with van der Waals surface area (Å²) >= 11 is 1.58. The minimum atomic E-state index is -0.194. The lowest BCUT2D eigenvalue weighted by Gasteiger charge is -1.99. The molecule has 0 amide bonds. The van der Waals surface area contributed by atoms with E-state index in [9.17, 15) is 4.39 Å². The number of allylic oxidation sites excluding steroid dienone is 1. The van der Waals surface area contributed by atoms with Crippen LogP contribution in [0.5, 0.6) is 0 Å². The fourth-order valence-electron chi connectivity index (χ4n) is 1.30. The highest BCUT2D eigenvalue weighted by Gasteiger charge is 2.02. The van der Waals surface area contributed by atoms with Crippen LogP contribution in [-0.2, 0) is 0 Å². The normalized spacial score (nSPS) is 11.7. The summed E-state index contributed by atoms with van der Waals surface area (Å²) in [6.45, 7) is 1.68. The van der Waals surface area contributed by atoms with Crippen LogP contribution < -0.4 is 0 Å². The molecular formula is C12H10FNS. The van der Waals surface area contributed by atoms with Crippen molar-refractivity contribution in [1.29, 1.82) is 0 Å². The molecule has 76 valence electrons. The molecule has 1 heterocycles. The summed E-state index contributed by atoms with van der Waals surface area (Å²) in [6, 6.07) is 7.31. The second-order valence-electron chi connectivity index (χ2n) is 3.05. The molecule has 0 spiro atoms. The summed E-state index contributed by atoms with van der Waals surface area (Å²) in [6.07, 6.45) is 3.22. The monoisotopic (exact) mass is 219 g/mol. The fourth-order valence-corrected chi connectivity index (χ4v) is 1.95. The van der Waals surface area contributed by atoms with Crippen molar-refractivity contribution in [2.24, 2.45) is 0 Å². The van der Waals surface area contributed by atoms with E-state index in [1.165, 1.54) is 6.08 Å². The Balaban J connectivity index is 2.33. The van der Waals surface area contributed by atoms with Crippen LogP contribution in [0.3, 0.4) is 0 Å². The number of halogens is 1. The minimum Gasteiger partial charge on any atom is -0.245 e. The standard InChI is InChI=1S/C12H10FNS/c1-2-11(13)9-3-5-10(6-4-9)12-14-7-8-15-12/h2-8H,1H3/b11-2-. The van der Waals surface area contributed by atoms with E-state index in [2.05, 4.69) is 4.98 Å². The first kappa shape index (κ1) is 10.1. The third-order valence-corrected chi connectivity index (χ3v) is 2.92. The van der Waals surface area contributed by atoms with Crippen molar-refractivity contribution in [3.8, 4) is 10.6 Å². The van der Waals surface area contributed by atoms with Gasteiger partial charge in [0, 0.05) is 22.7 Å². The zero-order chi connectivity index (χ0) is 10.7. The summed E-state index contributed by atoms with van der Waals surface area (Å²) in [5.41, 5.74) is 1.63. The molecule has 15 heavy (non-hydrogen) atoms. The molecule has 0 atom stereocenters. The van der Waals surface area contributed by atoms with E-state index in [-0.39, 0.29) is 5.83 Å². The lowest BCUT2D eigenvalue weighted by Crippen LogP contribution is -1.79. The quantitative estimate of drug-likeness (QED) is 0.739. The van der Waals surface area contributed by atoms with E-state index in [1.807, 2.05) is 17.5 Å². The molecule has 2 aromatic rings. The summed E-state index contributed by atoms with van der Waals surface area (Å²) in [5.74, 6) is -0.194. The SMILES string of the molecule is C/C=C(\F)c1ccc(-c2nccs2)cc1. The average molecular weight is 219 g/mol. The van der Waals surface area contributed by atoms with Crippen LogP contribution in [0.2, 0.25) is 0 Å². The lowest BCUT2D eigenvalue weighted by molar-refractivity contribution is 0.758. The van der Waals surface area contributed by atoms with Gasteiger partial charge in [-0.15, -0.1) is 11.3 Å². The molecule has 3 heteroatoms. The van der Waals surface area contributed by atoms with Gasteiger partial charge in [-0.1, -0.05) is 30.3 Å². The molecule has 0 saturated heterocycles. The number of thiazole rings is 1. The van der Waals surface area contributed by atoms with E-state index in [0.717, 1.165) is 10.6 Å². The minimum absolute atomic E-state index is 0.194. The van der Waals surface area contributed by atoms with Crippen molar-refractivity contribution >= 4 is 17.2 Å². The molecule has 0 saturated carbocycles. The van der Waals surface area contributed by atoms with Crippen LogP contribution in [0.1, 0.15) is 12.5 Å². The maximum atomic E-state index is 13.2. The fraction of sp³-hybridized carbons (Fsp3) is 0.0833. The van der Waals surface area contributed by atoms with Gasteiger partial charge in [-0.05, 0) is 6.92 Å². The first-order valence-electron chi connectivity index (χ1n) is 4.63. The first-order chi connectivity index (χ1) is 7.31. The number of benzene rings is 1. The van der Waals surface area contributed by atoms with Gasteiger partial charge in [0.05, 0.1) is 0 Å². The van der Waals surface area contributed by atoms with Crippen molar-refractivity contribution in [3.05, 3.63) is 47.5 Å².